The molecule has 0 aliphatic carbocycles. The summed E-state index contributed by atoms with van der Waals surface area (Å²) >= 11 is 0. The molecule has 0 atom stereocenters. The van der Waals surface area contributed by atoms with Gasteiger partial charge in [-0.05, 0) is 12.1 Å². The largest absolute Gasteiger partial charge is 0.493 e. The van der Waals surface area contributed by atoms with E-state index in [9.17, 15) is 4.79 Å². The molecule has 1 aromatic heterocycles. The number of aromatic nitrogens is 1. The lowest BCUT2D eigenvalue weighted by atomic mass is 10.0. The van der Waals surface area contributed by atoms with E-state index in [4.69, 9.17) is 19.7 Å². The van der Waals surface area contributed by atoms with E-state index >= 15 is 0 Å². The molecule has 0 saturated carbocycles. The van der Waals surface area contributed by atoms with Crippen molar-refractivity contribution in [3.63, 3.8) is 0 Å². The van der Waals surface area contributed by atoms with Gasteiger partial charge in [-0.25, -0.2) is 0 Å². The minimum absolute atomic E-state index is 0.144. The number of methoxy groups -OCH3 is 2. The van der Waals surface area contributed by atoms with Crippen LogP contribution in [0.1, 0.15) is 10.4 Å². The zero-order valence-electron chi connectivity index (χ0n) is 9.97. The zero-order chi connectivity index (χ0) is 13.1. The molecule has 1 heterocycles. The lowest BCUT2D eigenvalue weighted by Crippen LogP contribution is -1.96. The smallest absolute Gasteiger partial charge is 0.229 e. The minimum atomic E-state index is 0.144. The van der Waals surface area contributed by atoms with Crippen LogP contribution in [0.2, 0.25) is 0 Å². The van der Waals surface area contributed by atoms with Gasteiger partial charge in [0.15, 0.2) is 17.8 Å². The summed E-state index contributed by atoms with van der Waals surface area (Å²) in [6, 6.07) is 3.24. The van der Waals surface area contributed by atoms with Crippen LogP contribution in [0, 0.1) is 0 Å². The fourth-order valence-electron chi connectivity index (χ4n) is 1.68. The molecule has 2 N–H and O–H groups in total. The van der Waals surface area contributed by atoms with Crippen molar-refractivity contribution in [1.82, 2.24) is 5.16 Å². The number of nitrogen functional groups attached to an aromatic ring is 1. The van der Waals surface area contributed by atoms with Gasteiger partial charge >= 0.3 is 0 Å². The molecule has 0 fully saturated rings. The zero-order valence-corrected chi connectivity index (χ0v) is 9.97. The van der Waals surface area contributed by atoms with E-state index in [1.807, 2.05) is 0 Å². The predicted molar refractivity (Wildman–Crippen MR) is 64.8 cm³/mol. The Balaban J connectivity index is 2.66. The molecule has 2 rings (SSSR count). The Bertz CT molecular complexity index is 577. The van der Waals surface area contributed by atoms with Gasteiger partial charge in [0.05, 0.1) is 26.0 Å². The number of hydrogen-bond acceptors (Lipinski definition) is 6. The molecular formula is C12H12N2O4. The summed E-state index contributed by atoms with van der Waals surface area (Å²) in [7, 11) is 3.01. The average Bonchev–Trinajstić information content (AvgIpc) is 2.83. The first-order chi connectivity index (χ1) is 8.71. The van der Waals surface area contributed by atoms with Gasteiger partial charge in [-0.3, -0.25) is 4.79 Å². The van der Waals surface area contributed by atoms with Crippen LogP contribution in [0.15, 0.2) is 22.9 Å². The summed E-state index contributed by atoms with van der Waals surface area (Å²) in [5.74, 6) is 1.11. The monoisotopic (exact) mass is 248 g/mol. The first-order valence-electron chi connectivity index (χ1n) is 5.13. The third kappa shape index (κ3) is 1.88. The molecule has 0 aliphatic rings. The highest BCUT2D eigenvalue weighted by Crippen LogP contribution is 2.36. The molecule has 0 amide bonds. The van der Waals surface area contributed by atoms with Gasteiger partial charge in [-0.15, -0.1) is 0 Å². The van der Waals surface area contributed by atoms with Crippen molar-refractivity contribution in [2.75, 3.05) is 20.0 Å². The Kier molecular flexibility index (Phi) is 3.18. The number of anilines is 1. The average molecular weight is 248 g/mol. The van der Waals surface area contributed by atoms with Gasteiger partial charge < -0.3 is 19.7 Å². The number of hydrogen-bond donors (Lipinski definition) is 1. The summed E-state index contributed by atoms with van der Waals surface area (Å²) in [6.07, 6.45) is 2.16. The van der Waals surface area contributed by atoms with Crippen molar-refractivity contribution in [3.05, 3.63) is 23.9 Å². The van der Waals surface area contributed by atoms with Crippen LogP contribution in [0.3, 0.4) is 0 Å². The van der Waals surface area contributed by atoms with Gasteiger partial charge in [-0.2, -0.15) is 0 Å². The Hall–Kier alpha value is -2.50. The maximum atomic E-state index is 11.1. The third-order valence-corrected chi connectivity index (χ3v) is 2.57. The van der Waals surface area contributed by atoms with E-state index < -0.39 is 0 Å². The summed E-state index contributed by atoms with van der Waals surface area (Å²) in [6.45, 7) is 0. The normalized spacial score (nSPS) is 10.1. The number of carbonyl (C=O) groups excluding carboxylic acids is 1. The standard InChI is InChI=1S/C12H12N2O4/c1-16-10-3-7(6-15)8(4-11(10)17-2)9-5-14-18-12(9)13/h3-6H,13H2,1-2H3. The number of nitrogens with zero attached hydrogens (tertiary/aromatic N) is 1. The van der Waals surface area contributed by atoms with E-state index in [-0.39, 0.29) is 5.88 Å². The Morgan fingerprint density at radius 3 is 2.39 bits per heavy atom. The van der Waals surface area contributed by atoms with Crippen molar-refractivity contribution in [2.24, 2.45) is 0 Å². The Morgan fingerprint density at radius 2 is 1.89 bits per heavy atom. The summed E-state index contributed by atoms with van der Waals surface area (Å²) in [5, 5.41) is 3.58. The van der Waals surface area contributed by atoms with E-state index in [0.717, 1.165) is 0 Å². The molecular weight excluding hydrogens is 236 g/mol. The van der Waals surface area contributed by atoms with Gasteiger partial charge in [0, 0.05) is 11.1 Å². The fourth-order valence-corrected chi connectivity index (χ4v) is 1.68. The highest BCUT2D eigenvalue weighted by Gasteiger charge is 2.16. The second-order valence-corrected chi connectivity index (χ2v) is 3.52. The third-order valence-electron chi connectivity index (χ3n) is 2.57. The van der Waals surface area contributed by atoms with E-state index in [1.165, 1.54) is 20.4 Å². The molecule has 6 nitrogen and oxygen atoms in total. The molecule has 18 heavy (non-hydrogen) atoms. The number of benzene rings is 1. The van der Waals surface area contributed by atoms with Gasteiger partial charge in [-0.1, -0.05) is 5.16 Å². The molecule has 2 aromatic rings. The molecule has 0 saturated heterocycles. The quantitative estimate of drug-likeness (QED) is 0.829. The SMILES string of the molecule is COc1cc(C=O)c(-c2cnoc2N)cc1OC. The Morgan fingerprint density at radius 1 is 1.22 bits per heavy atom. The number of aldehydes is 1. The van der Waals surface area contributed by atoms with Crippen LogP contribution >= 0.6 is 0 Å². The lowest BCUT2D eigenvalue weighted by Gasteiger charge is -2.11. The van der Waals surface area contributed by atoms with Gasteiger partial charge in [0.1, 0.15) is 0 Å². The predicted octanol–water partition coefficient (Wildman–Crippen LogP) is 1.75. The number of nitrogens with two attached hydrogens (primary N) is 1. The van der Waals surface area contributed by atoms with Crippen molar-refractivity contribution >= 4 is 12.2 Å². The van der Waals surface area contributed by atoms with Crippen LogP contribution in [0.4, 0.5) is 5.88 Å². The van der Waals surface area contributed by atoms with Crippen molar-refractivity contribution in [2.45, 2.75) is 0 Å². The summed E-state index contributed by atoms with van der Waals surface area (Å²) in [5.41, 5.74) is 7.18. The maximum absolute atomic E-state index is 11.1. The van der Waals surface area contributed by atoms with E-state index in [1.54, 1.807) is 12.1 Å². The molecule has 0 bridgehead atoms. The molecule has 0 spiro atoms. The van der Waals surface area contributed by atoms with Crippen molar-refractivity contribution < 1.29 is 18.8 Å². The lowest BCUT2D eigenvalue weighted by molar-refractivity contribution is 0.112. The topological polar surface area (TPSA) is 87.6 Å². The van der Waals surface area contributed by atoms with Crippen molar-refractivity contribution in [1.29, 1.82) is 0 Å². The first kappa shape index (κ1) is 12.0. The van der Waals surface area contributed by atoms with Crippen molar-refractivity contribution in [3.8, 4) is 22.6 Å². The van der Waals surface area contributed by atoms with Gasteiger partial charge in [0.2, 0.25) is 5.88 Å². The Labute approximate surface area is 103 Å². The molecule has 0 aliphatic heterocycles. The van der Waals surface area contributed by atoms with E-state index in [0.29, 0.717) is 34.5 Å². The highest BCUT2D eigenvalue weighted by atomic mass is 16.5. The number of ether oxygens (including phenoxy) is 2. The number of rotatable bonds is 4. The second kappa shape index (κ2) is 4.79. The molecule has 0 unspecified atom stereocenters. The van der Waals surface area contributed by atoms with Crippen LogP contribution in [-0.2, 0) is 0 Å². The summed E-state index contributed by atoms with van der Waals surface area (Å²) < 4.78 is 15.1. The van der Waals surface area contributed by atoms with Crippen LogP contribution in [0.25, 0.3) is 11.1 Å². The molecule has 1 aromatic carbocycles. The van der Waals surface area contributed by atoms with Gasteiger partial charge in [0.25, 0.3) is 0 Å². The second-order valence-electron chi connectivity index (χ2n) is 3.52. The van der Waals surface area contributed by atoms with Crippen LogP contribution in [0.5, 0.6) is 11.5 Å². The maximum Gasteiger partial charge on any atom is 0.229 e. The van der Waals surface area contributed by atoms with Crippen LogP contribution < -0.4 is 15.2 Å². The molecule has 0 radical (unpaired) electrons. The molecule has 6 heteroatoms. The highest BCUT2D eigenvalue weighted by molar-refractivity contribution is 5.91. The first-order valence-corrected chi connectivity index (χ1v) is 5.13. The van der Waals surface area contributed by atoms with E-state index in [2.05, 4.69) is 5.16 Å². The number of carbonyl (C=O) groups is 1. The summed E-state index contributed by atoms with van der Waals surface area (Å²) in [4.78, 5) is 11.1. The van der Waals surface area contributed by atoms with Crippen LogP contribution in [-0.4, -0.2) is 25.7 Å². The molecule has 94 valence electrons. The fraction of sp³-hybridized carbons (Fsp3) is 0.167. The minimum Gasteiger partial charge on any atom is -0.493 e.